The van der Waals surface area contributed by atoms with Gasteiger partial charge in [0.15, 0.2) is 4.96 Å². The van der Waals surface area contributed by atoms with Crippen molar-refractivity contribution < 1.29 is 4.79 Å². The fourth-order valence-electron chi connectivity index (χ4n) is 3.71. The number of aromatic nitrogens is 3. The first-order chi connectivity index (χ1) is 15.1. The van der Waals surface area contributed by atoms with Crippen LogP contribution in [0.5, 0.6) is 0 Å². The van der Waals surface area contributed by atoms with Crippen molar-refractivity contribution in [2.75, 3.05) is 13.6 Å². The Kier molecular flexibility index (Phi) is 6.42. The molecule has 0 atom stereocenters. The topological polar surface area (TPSA) is 67.6 Å². The maximum Gasteiger partial charge on any atom is 0.266 e. The van der Waals surface area contributed by atoms with E-state index in [4.69, 9.17) is 0 Å². The number of aryl methyl sites for hydroxylation is 2. The zero-order valence-electron chi connectivity index (χ0n) is 17.9. The van der Waals surface area contributed by atoms with Gasteiger partial charge < -0.3 is 4.90 Å². The first-order valence-corrected chi connectivity index (χ1v) is 11.5. The van der Waals surface area contributed by atoms with Crippen LogP contribution < -0.4 is 5.56 Å². The summed E-state index contributed by atoms with van der Waals surface area (Å²) >= 11 is 1.27. The molecule has 0 spiro atoms. The van der Waals surface area contributed by atoms with E-state index < -0.39 is 0 Å². The summed E-state index contributed by atoms with van der Waals surface area (Å²) in [5.74, 6) is -0.0768. The minimum atomic E-state index is -0.118. The number of fused-ring (bicyclic) bond motifs is 2. The molecule has 0 saturated carbocycles. The van der Waals surface area contributed by atoms with Gasteiger partial charge in [0.05, 0.1) is 10.9 Å². The lowest BCUT2D eigenvalue weighted by Crippen LogP contribution is -2.27. The summed E-state index contributed by atoms with van der Waals surface area (Å²) in [6, 6.07) is 9.86. The van der Waals surface area contributed by atoms with Gasteiger partial charge in [0, 0.05) is 32.2 Å². The predicted octanol–water partition coefficient (Wildman–Crippen LogP) is 4.35. The predicted molar refractivity (Wildman–Crippen MR) is 125 cm³/mol. The molecular formula is C24H26N4O2S. The minimum absolute atomic E-state index is 0.0768. The van der Waals surface area contributed by atoms with Gasteiger partial charge >= 0.3 is 0 Å². The summed E-state index contributed by atoms with van der Waals surface area (Å²) in [4.78, 5) is 37.4. The second-order valence-electron chi connectivity index (χ2n) is 7.81. The number of thiazole rings is 1. The Morgan fingerprint density at radius 3 is 2.81 bits per heavy atom. The number of unbranched alkanes of at least 4 members (excludes halogenated alkanes) is 1. The van der Waals surface area contributed by atoms with Gasteiger partial charge in [0.2, 0.25) is 0 Å². The summed E-state index contributed by atoms with van der Waals surface area (Å²) in [6.45, 7) is 2.78. The molecule has 3 heterocycles. The molecule has 0 fully saturated rings. The second kappa shape index (κ2) is 9.39. The van der Waals surface area contributed by atoms with E-state index in [1.165, 1.54) is 21.3 Å². The molecule has 4 aromatic rings. The van der Waals surface area contributed by atoms with E-state index in [0.717, 1.165) is 37.7 Å². The molecule has 0 saturated heterocycles. The molecule has 1 amide bonds. The van der Waals surface area contributed by atoms with Crippen molar-refractivity contribution in [3.63, 3.8) is 0 Å². The van der Waals surface area contributed by atoms with Crippen LogP contribution in [0.1, 0.15) is 47.0 Å². The number of pyridine rings is 1. The molecule has 0 aliphatic heterocycles. The van der Waals surface area contributed by atoms with Gasteiger partial charge in [-0.2, -0.15) is 0 Å². The quantitative estimate of drug-likeness (QED) is 0.387. The summed E-state index contributed by atoms with van der Waals surface area (Å²) in [5, 5.41) is 0.601. The number of nitrogens with zero attached hydrogens (tertiary/aromatic N) is 4. The third-order valence-corrected chi connectivity index (χ3v) is 6.38. The van der Waals surface area contributed by atoms with E-state index in [0.29, 0.717) is 27.3 Å². The van der Waals surface area contributed by atoms with Gasteiger partial charge in [-0.25, -0.2) is 4.98 Å². The molecule has 0 radical (unpaired) electrons. The highest BCUT2D eigenvalue weighted by molar-refractivity contribution is 7.18. The normalized spacial score (nSPS) is 11.3. The summed E-state index contributed by atoms with van der Waals surface area (Å²) < 4.78 is 1.51. The number of carbonyl (C=O) groups excluding carboxylic acids is 1. The Labute approximate surface area is 185 Å². The Bertz CT molecular complexity index is 1260. The van der Waals surface area contributed by atoms with Crippen LogP contribution in [0.2, 0.25) is 0 Å². The van der Waals surface area contributed by atoms with Gasteiger partial charge in [-0.3, -0.25) is 19.0 Å². The molecule has 0 bridgehead atoms. The average Bonchev–Trinajstić information content (AvgIpc) is 3.22. The van der Waals surface area contributed by atoms with Crippen molar-refractivity contribution in [2.24, 2.45) is 0 Å². The van der Waals surface area contributed by atoms with E-state index in [1.54, 1.807) is 24.3 Å². The number of hydrogen-bond donors (Lipinski definition) is 0. The van der Waals surface area contributed by atoms with Crippen molar-refractivity contribution in [2.45, 2.75) is 39.0 Å². The highest BCUT2D eigenvalue weighted by atomic mass is 32.1. The van der Waals surface area contributed by atoms with Gasteiger partial charge in [-0.1, -0.05) is 36.8 Å². The monoisotopic (exact) mass is 434 g/mol. The van der Waals surface area contributed by atoms with Crippen LogP contribution in [-0.4, -0.2) is 38.8 Å². The lowest BCUT2D eigenvalue weighted by atomic mass is 10.1. The van der Waals surface area contributed by atoms with Crippen molar-refractivity contribution in [1.29, 1.82) is 0 Å². The van der Waals surface area contributed by atoms with Gasteiger partial charge in [0.25, 0.3) is 11.5 Å². The average molecular weight is 435 g/mol. The van der Waals surface area contributed by atoms with Gasteiger partial charge in [-0.05, 0) is 55.0 Å². The van der Waals surface area contributed by atoms with E-state index in [2.05, 4.69) is 23.0 Å². The Balaban J connectivity index is 1.48. The maximum atomic E-state index is 13.0. The molecular weight excluding hydrogens is 408 g/mol. The highest BCUT2D eigenvalue weighted by Crippen LogP contribution is 2.20. The fraction of sp³-hybridized carbons (Fsp3) is 0.333. The molecule has 31 heavy (non-hydrogen) atoms. The molecule has 1 aromatic carbocycles. The first-order valence-electron chi connectivity index (χ1n) is 10.7. The molecule has 4 rings (SSSR count). The molecule has 160 valence electrons. The van der Waals surface area contributed by atoms with Crippen LogP contribution in [-0.2, 0) is 12.8 Å². The molecule has 0 N–H and O–H groups in total. The lowest BCUT2D eigenvalue weighted by molar-refractivity contribution is 0.0797. The maximum absolute atomic E-state index is 13.0. The number of rotatable bonds is 8. The summed E-state index contributed by atoms with van der Waals surface area (Å²) in [5.41, 5.74) is 2.90. The van der Waals surface area contributed by atoms with Crippen molar-refractivity contribution >= 4 is 33.1 Å². The van der Waals surface area contributed by atoms with E-state index in [1.807, 2.05) is 30.5 Å². The van der Waals surface area contributed by atoms with Crippen LogP contribution in [0.3, 0.4) is 0 Å². The molecule has 0 unspecified atom stereocenters. The van der Waals surface area contributed by atoms with Gasteiger partial charge in [0.1, 0.15) is 4.88 Å². The van der Waals surface area contributed by atoms with Crippen LogP contribution in [0, 0.1) is 0 Å². The largest absolute Gasteiger partial charge is 0.341 e. The highest BCUT2D eigenvalue weighted by Gasteiger charge is 2.17. The number of benzene rings is 1. The van der Waals surface area contributed by atoms with Crippen LogP contribution in [0.4, 0.5) is 0 Å². The van der Waals surface area contributed by atoms with Crippen molar-refractivity contribution in [3.8, 4) is 0 Å². The zero-order valence-corrected chi connectivity index (χ0v) is 18.7. The smallest absolute Gasteiger partial charge is 0.266 e. The fourth-order valence-corrected chi connectivity index (χ4v) is 4.69. The van der Waals surface area contributed by atoms with Crippen molar-refractivity contribution in [1.82, 2.24) is 19.3 Å². The number of amides is 1. The molecule has 0 aliphatic carbocycles. The minimum Gasteiger partial charge on any atom is -0.341 e. The first kappa shape index (κ1) is 21.2. The Morgan fingerprint density at radius 2 is 2.03 bits per heavy atom. The van der Waals surface area contributed by atoms with Crippen molar-refractivity contribution in [3.05, 3.63) is 75.3 Å². The summed E-state index contributed by atoms with van der Waals surface area (Å²) in [7, 11) is 1.81. The van der Waals surface area contributed by atoms with Gasteiger partial charge in [-0.15, -0.1) is 0 Å². The van der Waals surface area contributed by atoms with E-state index >= 15 is 0 Å². The second-order valence-corrected chi connectivity index (χ2v) is 8.82. The van der Waals surface area contributed by atoms with Crippen LogP contribution in [0.25, 0.3) is 15.9 Å². The van der Waals surface area contributed by atoms with E-state index in [-0.39, 0.29) is 11.5 Å². The van der Waals surface area contributed by atoms with Crippen LogP contribution in [0.15, 0.2) is 53.7 Å². The SMILES string of the molecule is CCCc1ccc2nc3sc(C(=O)N(C)CCCCc4cccnc4)cn3c(=O)c2c1. The molecule has 3 aromatic heterocycles. The Hall–Kier alpha value is -3.06. The molecule has 7 heteroatoms. The summed E-state index contributed by atoms with van der Waals surface area (Å²) in [6.07, 6.45) is 10.1. The lowest BCUT2D eigenvalue weighted by Gasteiger charge is -2.15. The third kappa shape index (κ3) is 4.66. The zero-order chi connectivity index (χ0) is 21.8. The third-order valence-electron chi connectivity index (χ3n) is 5.41. The number of carbonyl (C=O) groups is 1. The van der Waals surface area contributed by atoms with Crippen LogP contribution >= 0.6 is 11.3 Å². The number of hydrogen-bond acceptors (Lipinski definition) is 5. The Morgan fingerprint density at radius 1 is 1.16 bits per heavy atom. The molecule has 6 nitrogen and oxygen atoms in total. The standard InChI is InChI=1S/C24H26N4O2S/c1-3-7-17-10-11-20-19(14-17)22(29)28-16-21(31-24(28)26-20)23(30)27(2)13-5-4-8-18-9-6-12-25-15-18/h6,9-12,14-16H,3-5,7-8,13H2,1-2H3. The molecule has 0 aliphatic rings. The van der Waals surface area contributed by atoms with E-state index in [9.17, 15) is 9.59 Å².